The lowest BCUT2D eigenvalue weighted by atomic mass is 10.00. The van der Waals surface area contributed by atoms with Gasteiger partial charge in [-0.25, -0.2) is 9.97 Å². The van der Waals surface area contributed by atoms with Gasteiger partial charge in [0, 0.05) is 31.4 Å². The van der Waals surface area contributed by atoms with Gasteiger partial charge in [-0.2, -0.15) is 0 Å². The molecule has 4 heteroatoms. The molecule has 0 spiro atoms. The Kier molecular flexibility index (Phi) is 3.40. The zero-order chi connectivity index (χ0) is 16.6. The predicted octanol–water partition coefficient (Wildman–Crippen LogP) is 3.73. The van der Waals surface area contributed by atoms with Gasteiger partial charge in [-0.1, -0.05) is 42.5 Å². The summed E-state index contributed by atoms with van der Waals surface area (Å²) in [4.78, 5) is 13.8. The Labute approximate surface area is 147 Å². The molecule has 0 saturated carbocycles. The molecular weight excluding hydrogens is 308 g/mol. The van der Waals surface area contributed by atoms with Gasteiger partial charge in [-0.15, -0.1) is 0 Å². The van der Waals surface area contributed by atoms with Gasteiger partial charge in [0.1, 0.15) is 18.0 Å². The number of hydrogen-bond acceptors (Lipinski definition) is 4. The monoisotopic (exact) mass is 328 g/mol. The fourth-order valence-corrected chi connectivity index (χ4v) is 3.93. The Morgan fingerprint density at radius 1 is 0.720 bits per heavy atom. The fraction of sp³-hybridized carbons (Fsp3) is 0.238. The van der Waals surface area contributed by atoms with Crippen molar-refractivity contribution in [1.82, 2.24) is 9.97 Å². The summed E-state index contributed by atoms with van der Waals surface area (Å²) >= 11 is 0. The Morgan fingerprint density at radius 2 is 1.44 bits per heavy atom. The standard InChI is InChI=1S/C21H20N4/c1-2-7-18-14-24(11-9-16(18)5-1)20-13-21(23-15-22-20)25-12-10-17-6-3-4-8-19(17)25/h1-8,13,15H,9-12,14H2. The van der Waals surface area contributed by atoms with Crippen LogP contribution in [0.2, 0.25) is 0 Å². The first-order valence-corrected chi connectivity index (χ1v) is 8.88. The second kappa shape index (κ2) is 5.88. The first-order valence-electron chi connectivity index (χ1n) is 8.88. The molecule has 3 heterocycles. The highest BCUT2D eigenvalue weighted by molar-refractivity contribution is 5.69. The summed E-state index contributed by atoms with van der Waals surface area (Å²) < 4.78 is 0. The van der Waals surface area contributed by atoms with Gasteiger partial charge in [0.15, 0.2) is 0 Å². The van der Waals surface area contributed by atoms with E-state index in [4.69, 9.17) is 0 Å². The number of para-hydroxylation sites is 1. The van der Waals surface area contributed by atoms with Crippen LogP contribution in [0, 0.1) is 0 Å². The number of aromatic nitrogens is 2. The van der Waals surface area contributed by atoms with Crippen LogP contribution >= 0.6 is 0 Å². The molecule has 0 radical (unpaired) electrons. The first kappa shape index (κ1) is 14.5. The second-order valence-electron chi connectivity index (χ2n) is 6.71. The van der Waals surface area contributed by atoms with E-state index < -0.39 is 0 Å². The van der Waals surface area contributed by atoms with Gasteiger partial charge >= 0.3 is 0 Å². The number of nitrogens with zero attached hydrogens (tertiary/aromatic N) is 4. The summed E-state index contributed by atoms with van der Waals surface area (Å²) in [6, 6.07) is 19.4. The molecule has 0 fully saturated rings. The highest BCUT2D eigenvalue weighted by Gasteiger charge is 2.23. The number of benzene rings is 2. The van der Waals surface area contributed by atoms with Gasteiger partial charge in [0.2, 0.25) is 0 Å². The average molecular weight is 328 g/mol. The van der Waals surface area contributed by atoms with Crippen LogP contribution < -0.4 is 9.80 Å². The van der Waals surface area contributed by atoms with Crippen molar-refractivity contribution in [3.8, 4) is 0 Å². The SMILES string of the molecule is c1ccc2c(c1)CCN(c1cc(N3CCc4ccccc43)ncn1)C2. The third-order valence-corrected chi connectivity index (χ3v) is 5.26. The largest absolute Gasteiger partial charge is 0.352 e. The molecule has 124 valence electrons. The van der Waals surface area contributed by atoms with Gasteiger partial charge in [-0.05, 0) is 35.6 Å². The number of hydrogen-bond donors (Lipinski definition) is 0. The van der Waals surface area contributed by atoms with Gasteiger partial charge in [0.25, 0.3) is 0 Å². The molecule has 0 unspecified atom stereocenters. The van der Waals surface area contributed by atoms with Crippen molar-refractivity contribution in [1.29, 1.82) is 0 Å². The van der Waals surface area contributed by atoms with E-state index in [0.29, 0.717) is 0 Å². The third kappa shape index (κ3) is 2.54. The van der Waals surface area contributed by atoms with Crippen LogP contribution in [0.4, 0.5) is 17.3 Å². The topological polar surface area (TPSA) is 32.3 Å². The van der Waals surface area contributed by atoms with Crippen LogP contribution in [0.25, 0.3) is 0 Å². The molecule has 0 saturated heterocycles. The molecule has 0 atom stereocenters. The number of anilines is 3. The van der Waals surface area contributed by atoms with Gasteiger partial charge in [-0.3, -0.25) is 0 Å². The Morgan fingerprint density at radius 3 is 2.36 bits per heavy atom. The summed E-state index contributed by atoms with van der Waals surface area (Å²) in [5.41, 5.74) is 5.53. The highest BCUT2D eigenvalue weighted by Crippen LogP contribution is 2.34. The fourth-order valence-electron chi connectivity index (χ4n) is 3.93. The zero-order valence-electron chi connectivity index (χ0n) is 14.1. The van der Waals surface area contributed by atoms with E-state index in [2.05, 4.69) is 74.4 Å². The smallest absolute Gasteiger partial charge is 0.138 e. The summed E-state index contributed by atoms with van der Waals surface area (Å²) in [5, 5.41) is 0. The molecular formula is C21H20N4. The minimum atomic E-state index is 0.920. The van der Waals surface area contributed by atoms with Crippen LogP contribution in [0.3, 0.4) is 0 Å². The molecule has 2 aromatic carbocycles. The van der Waals surface area contributed by atoms with Crippen molar-refractivity contribution in [3.05, 3.63) is 77.6 Å². The van der Waals surface area contributed by atoms with Crippen LogP contribution in [0.5, 0.6) is 0 Å². The van der Waals surface area contributed by atoms with Crippen LogP contribution in [-0.4, -0.2) is 23.1 Å². The average Bonchev–Trinajstić information content (AvgIpc) is 3.12. The van der Waals surface area contributed by atoms with Crippen molar-refractivity contribution >= 4 is 17.3 Å². The summed E-state index contributed by atoms with van der Waals surface area (Å²) in [5.74, 6) is 2.01. The summed E-state index contributed by atoms with van der Waals surface area (Å²) in [6.45, 7) is 2.91. The molecule has 0 amide bonds. The minimum absolute atomic E-state index is 0.920. The quantitative estimate of drug-likeness (QED) is 0.717. The van der Waals surface area contributed by atoms with E-state index >= 15 is 0 Å². The van der Waals surface area contributed by atoms with Crippen molar-refractivity contribution in [2.24, 2.45) is 0 Å². The van der Waals surface area contributed by atoms with E-state index in [1.54, 1.807) is 6.33 Å². The molecule has 1 aromatic heterocycles. The Hall–Kier alpha value is -2.88. The molecule has 2 aliphatic heterocycles. The lowest BCUT2D eigenvalue weighted by molar-refractivity contribution is 0.719. The van der Waals surface area contributed by atoms with Crippen LogP contribution in [-0.2, 0) is 19.4 Å². The summed E-state index contributed by atoms with van der Waals surface area (Å²) in [6.07, 6.45) is 3.85. The van der Waals surface area contributed by atoms with E-state index in [0.717, 1.165) is 44.1 Å². The molecule has 0 aliphatic carbocycles. The Bertz CT molecular complexity index is 921. The van der Waals surface area contributed by atoms with E-state index in [1.807, 2.05) is 0 Å². The molecule has 25 heavy (non-hydrogen) atoms. The van der Waals surface area contributed by atoms with Crippen LogP contribution in [0.15, 0.2) is 60.9 Å². The predicted molar refractivity (Wildman–Crippen MR) is 100 cm³/mol. The number of rotatable bonds is 2. The van der Waals surface area contributed by atoms with Crippen molar-refractivity contribution < 1.29 is 0 Å². The molecule has 2 aliphatic rings. The molecule has 5 rings (SSSR count). The summed E-state index contributed by atoms with van der Waals surface area (Å²) in [7, 11) is 0. The van der Waals surface area contributed by atoms with Gasteiger partial charge in [0.05, 0.1) is 0 Å². The van der Waals surface area contributed by atoms with Crippen molar-refractivity contribution in [2.75, 3.05) is 22.9 Å². The molecule has 0 bridgehead atoms. The van der Waals surface area contributed by atoms with E-state index in [-0.39, 0.29) is 0 Å². The minimum Gasteiger partial charge on any atom is -0.352 e. The normalized spacial score (nSPS) is 15.8. The lowest BCUT2D eigenvalue weighted by Gasteiger charge is -2.30. The first-order chi connectivity index (χ1) is 12.4. The highest BCUT2D eigenvalue weighted by atomic mass is 15.2. The third-order valence-electron chi connectivity index (χ3n) is 5.26. The molecule has 3 aromatic rings. The second-order valence-corrected chi connectivity index (χ2v) is 6.71. The van der Waals surface area contributed by atoms with Gasteiger partial charge < -0.3 is 9.80 Å². The maximum atomic E-state index is 4.55. The van der Waals surface area contributed by atoms with E-state index in [9.17, 15) is 0 Å². The zero-order valence-corrected chi connectivity index (χ0v) is 14.1. The van der Waals surface area contributed by atoms with Crippen molar-refractivity contribution in [2.45, 2.75) is 19.4 Å². The van der Waals surface area contributed by atoms with Crippen molar-refractivity contribution in [3.63, 3.8) is 0 Å². The molecule has 0 N–H and O–H groups in total. The molecule has 4 nitrogen and oxygen atoms in total. The number of fused-ring (bicyclic) bond motifs is 2. The lowest BCUT2D eigenvalue weighted by Crippen LogP contribution is -2.31. The maximum Gasteiger partial charge on any atom is 0.138 e. The van der Waals surface area contributed by atoms with Crippen LogP contribution in [0.1, 0.15) is 16.7 Å². The maximum absolute atomic E-state index is 4.55. The van der Waals surface area contributed by atoms with E-state index in [1.165, 1.54) is 22.4 Å². The Balaban J connectivity index is 1.45.